The Balaban J connectivity index is -0.0000000925. The van der Waals surface area contributed by atoms with E-state index in [0.29, 0.717) is 11.6 Å². The molecule has 0 fully saturated rings. The Morgan fingerprint density at radius 3 is 1.43 bits per heavy atom. The molecule has 4 heterocycles. The molecule has 0 saturated carbocycles. The Morgan fingerprint density at radius 2 is 1.05 bits per heavy atom. The molecule has 24 heteroatoms. The summed E-state index contributed by atoms with van der Waals surface area (Å²) in [6.07, 6.45) is 9.92. The van der Waals surface area contributed by atoms with Gasteiger partial charge in [-0.25, -0.2) is 9.50 Å². The largest absolute Gasteiger partial charge is 1.00 e. The summed E-state index contributed by atoms with van der Waals surface area (Å²) in [4.78, 5) is 15.6. The van der Waals surface area contributed by atoms with Crippen molar-refractivity contribution in [2.45, 2.75) is 27.7 Å². The van der Waals surface area contributed by atoms with Crippen LogP contribution < -0.4 is 19.1 Å². The van der Waals surface area contributed by atoms with E-state index in [2.05, 4.69) is 30.1 Å². The van der Waals surface area contributed by atoms with Crippen LogP contribution in [0.2, 0.25) is 0 Å². The second-order valence-electron chi connectivity index (χ2n) is 5.13. The van der Waals surface area contributed by atoms with Crippen LogP contribution in [0, 0.1) is 45.3 Å². The van der Waals surface area contributed by atoms with Gasteiger partial charge in [0.2, 0.25) is 0 Å². The average Bonchev–Trinajstić information content (AvgIpc) is 3.49. The van der Waals surface area contributed by atoms with Crippen molar-refractivity contribution in [2.24, 2.45) is 0 Å². The quantitative estimate of drug-likeness (QED) is 0.146. The van der Waals surface area contributed by atoms with Crippen LogP contribution in [-0.4, -0.2) is 34.6 Å². The van der Waals surface area contributed by atoms with E-state index in [1.54, 1.807) is 58.1 Å². The summed E-state index contributed by atoms with van der Waals surface area (Å²) in [6, 6.07) is 10.6. The number of hydrogen-bond donors (Lipinski definition) is 0. The standard InChI is InChI=1S/2C5H4N4.4C2H3N.2Ag.2BF4/c2*1-2-6-5-7-4-8-9(5)3-1;4*1-2-3;;;2*2-1(3,4)5/h2*1-4H;4*1H3;;;;/q;;;;;;2*+1;2*-1. The predicted octanol–water partition coefficient (Wildman–Crippen LogP) is 3.06. The zero-order valence-corrected chi connectivity index (χ0v) is 24.7. The molecule has 0 aromatic carbocycles. The number of fused-ring (bicyclic) bond motifs is 2. The SMILES string of the molecule is CC#N.CC#N.CC#N.CC#N.F[B-](F)(F)F.F[B-](F)(F)F.[Ag+].[Ag+].c1cnc2[n-]cn[n+]2c1.c1cnc2nc[n-][n+]2c1. The van der Waals surface area contributed by atoms with Crippen LogP contribution in [0.25, 0.3) is 11.6 Å². The van der Waals surface area contributed by atoms with Gasteiger partial charge in [0.25, 0.3) is 5.78 Å². The van der Waals surface area contributed by atoms with E-state index in [1.165, 1.54) is 40.3 Å². The fourth-order valence-corrected chi connectivity index (χ4v) is 1.34. The molecule has 12 nitrogen and oxygen atoms in total. The van der Waals surface area contributed by atoms with Crippen molar-refractivity contribution in [1.82, 2.24) is 30.1 Å². The molecule has 0 aliphatic carbocycles. The Morgan fingerprint density at radius 1 is 0.667 bits per heavy atom. The fraction of sp³-hybridized carbons (Fsp3) is 0.222. The minimum Gasteiger partial charge on any atom is -0.418 e. The molecule has 0 N–H and O–H groups in total. The molecule has 0 aliphatic heterocycles. The molecular weight excluding hydrogens is 774 g/mol. The predicted molar refractivity (Wildman–Crippen MR) is 123 cm³/mol. The first kappa shape index (κ1) is 50.9. The molecule has 4 rings (SSSR count). The Hall–Kier alpha value is -3.89. The minimum absolute atomic E-state index is 0. The molecule has 0 saturated heterocycles. The summed E-state index contributed by atoms with van der Waals surface area (Å²) in [5.41, 5.74) is 0. The number of nitriles is 4. The van der Waals surface area contributed by atoms with E-state index >= 15 is 0 Å². The van der Waals surface area contributed by atoms with Crippen LogP contribution >= 0.6 is 0 Å². The molecule has 0 spiro atoms. The van der Waals surface area contributed by atoms with Crippen LogP contribution in [0.3, 0.4) is 0 Å². The summed E-state index contributed by atoms with van der Waals surface area (Å²) in [5.74, 6) is 1.27. The first-order valence-electron chi connectivity index (χ1n) is 9.78. The third kappa shape index (κ3) is 49.1. The molecule has 0 aliphatic rings. The molecule has 4 aromatic heterocycles. The smallest absolute Gasteiger partial charge is 0.418 e. The first-order chi connectivity index (χ1) is 18.6. The molecule has 236 valence electrons. The minimum atomic E-state index is -6.00. The molecule has 0 unspecified atom stereocenters. The average molecular weight is 794 g/mol. The Bertz CT molecular complexity index is 1130. The van der Waals surface area contributed by atoms with Crippen molar-refractivity contribution >= 4 is 26.1 Å². The van der Waals surface area contributed by atoms with E-state index in [9.17, 15) is 34.5 Å². The molecule has 0 bridgehead atoms. The van der Waals surface area contributed by atoms with Crippen molar-refractivity contribution < 1.29 is 88.3 Å². The second-order valence-corrected chi connectivity index (χ2v) is 5.13. The van der Waals surface area contributed by atoms with E-state index < -0.39 is 14.5 Å². The topological polar surface area (TPSA) is 183 Å². The third-order valence-corrected chi connectivity index (χ3v) is 2.11. The van der Waals surface area contributed by atoms with Crippen molar-refractivity contribution in [2.75, 3.05) is 0 Å². The van der Waals surface area contributed by atoms with Gasteiger partial charge in [0.1, 0.15) is 18.9 Å². The third-order valence-electron chi connectivity index (χ3n) is 2.11. The van der Waals surface area contributed by atoms with Crippen LogP contribution in [0.15, 0.2) is 49.6 Å². The number of nitrogens with zero attached hydrogens (tertiary/aromatic N) is 12. The summed E-state index contributed by atoms with van der Waals surface area (Å²) in [5, 5.41) is 37.0. The molecular formula is C18H20Ag2B2F8N12. The van der Waals surface area contributed by atoms with E-state index in [1.807, 2.05) is 12.1 Å². The zero-order chi connectivity index (χ0) is 32.0. The van der Waals surface area contributed by atoms with E-state index in [4.69, 9.17) is 21.0 Å². The van der Waals surface area contributed by atoms with Crippen molar-refractivity contribution in [3.63, 3.8) is 0 Å². The van der Waals surface area contributed by atoms with E-state index in [-0.39, 0.29) is 44.8 Å². The normalized spacial score (nSPS) is 8.00. The van der Waals surface area contributed by atoms with Gasteiger partial charge >= 0.3 is 65.0 Å². The number of halogens is 8. The van der Waals surface area contributed by atoms with Crippen molar-refractivity contribution in [3.8, 4) is 24.3 Å². The number of rotatable bonds is 0. The fourth-order valence-electron chi connectivity index (χ4n) is 1.34. The van der Waals surface area contributed by atoms with Gasteiger partial charge in [-0.3, -0.25) is 5.10 Å². The van der Waals surface area contributed by atoms with Gasteiger partial charge in [0.15, 0.2) is 0 Å². The van der Waals surface area contributed by atoms with Crippen molar-refractivity contribution in [3.05, 3.63) is 49.6 Å². The molecule has 4 aromatic rings. The van der Waals surface area contributed by atoms with Gasteiger partial charge < -0.3 is 34.5 Å². The summed E-state index contributed by atoms with van der Waals surface area (Å²) >= 11 is 0. The maximum atomic E-state index is 9.75. The van der Waals surface area contributed by atoms with Gasteiger partial charge in [-0.15, -0.1) is 0 Å². The summed E-state index contributed by atoms with van der Waals surface area (Å²) in [7, 11) is -12.0. The first-order valence-corrected chi connectivity index (χ1v) is 9.78. The summed E-state index contributed by atoms with van der Waals surface area (Å²) < 4.78 is 81.2. The van der Waals surface area contributed by atoms with Gasteiger partial charge in [0.05, 0.1) is 30.5 Å². The maximum absolute atomic E-state index is 9.75. The van der Waals surface area contributed by atoms with Gasteiger partial charge in [-0.2, -0.15) is 35.6 Å². The molecule has 0 radical (unpaired) electrons. The van der Waals surface area contributed by atoms with Crippen LogP contribution in [0.1, 0.15) is 27.7 Å². The van der Waals surface area contributed by atoms with Gasteiger partial charge in [-0.1, -0.05) is 9.97 Å². The second kappa shape index (κ2) is 33.3. The van der Waals surface area contributed by atoms with Gasteiger partial charge in [0, 0.05) is 46.2 Å². The van der Waals surface area contributed by atoms with Crippen molar-refractivity contribution in [1.29, 1.82) is 21.0 Å². The monoisotopic (exact) mass is 792 g/mol. The summed E-state index contributed by atoms with van der Waals surface area (Å²) in [6.45, 7) is 5.72. The van der Waals surface area contributed by atoms with E-state index in [0.717, 1.165) is 0 Å². The Kier molecular flexibility index (Phi) is 40.4. The number of hydrogen-bond acceptors (Lipinski definition) is 8. The molecule has 0 atom stereocenters. The van der Waals surface area contributed by atoms with Gasteiger partial charge in [-0.05, 0) is 6.07 Å². The molecule has 42 heavy (non-hydrogen) atoms. The van der Waals surface area contributed by atoms with Crippen LogP contribution in [-0.2, 0) is 44.8 Å². The maximum Gasteiger partial charge on any atom is 1.00 e. The molecule has 0 amide bonds. The zero-order valence-electron chi connectivity index (χ0n) is 21.8. The number of aromatic nitrogens is 8. The van der Waals surface area contributed by atoms with Crippen LogP contribution in [0.4, 0.5) is 34.5 Å². The Labute approximate surface area is 266 Å². The van der Waals surface area contributed by atoms with Crippen LogP contribution in [0.5, 0.6) is 0 Å².